The van der Waals surface area contributed by atoms with E-state index in [1.165, 1.54) is 15.7 Å². The molecule has 104 heavy (non-hydrogen) atoms. The van der Waals surface area contributed by atoms with Gasteiger partial charge in [-0.1, -0.05) is 272 Å². The van der Waals surface area contributed by atoms with Crippen molar-refractivity contribution in [1.29, 1.82) is 0 Å². The average Bonchev–Trinajstić information content (AvgIpc) is 0.915. The van der Waals surface area contributed by atoms with Gasteiger partial charge in [0.05, 0.1) is 69.1 Å². The molecule has 15 aromatic carbocycles. The fourth-order valence-electron chi connectivity index (χ4n) is 16.2. The number of fused-ring (bicyclic) bond motifs is 13. The smallest absolute Gasteiger partial charge is 0.252 e. The van der Waals surface area contributed by atoms with Gasteiger partial charge >= 0.3 is 0 Å². The van der Waals surface area contributed by atoms with Gasteiger partial charge in [0.25, 0.3) is 6.71 Å². The highest BCUT2D eigenvalue weighted by atomic mass is 15.2. The Kier molecular flexibility index (Phi) is 10.2. The van der Waals surface area contributed by atoms with Crippen LogP contribution in [0.15, 0.2) is 339 Å². The standard InChI is InChI=1S/C98H74BN5/c1-97(2,3)71-47-52-86-80(60-71)81-61-72(98(4,5)6)48-53-87(81)103(86)88-44-26-40-78-79-41-27-45-89(96(79)102(95(78)88)73-36-20-11-21-37-73)104-90-57-67(63-28-12-7-13-29-63)46-50-82(90)99-83-51-49-74(100-84-42-24-22-38-76(84)77-39-23-25-43-85(77)100)62-91(83)101(92-58-70(59-93(104)94(92)99)66-34-18-10-19-35-66)75-55-68(64-30-14-8-15-31-64)54-69(56-75)65-32-16-9-17-33-65/h7-62H,1-6H3/i7D,10D,12D,13D,18D,19D,22D,23D,24D,25D,28D,29D,34D,35D,38D,39D,42D,43D. The lowest BCUT2D eigenvalue weighted by Gasteiger charge is -2.45. The van der Waals surface area contributed by atoms with E-state index < -0.39 is 115 Å². The SMILES string of the molecule is [2H]c1c([2H])c([2H])c(-c2ccc3c(c2)N(c2cccc4c5cccc(-n6c7ccc(C(C)(C)C)cc7c7cc(C(C)(C)C)ccc76)c5n(-c5ccccc5)c24)c2cc(-c4c([2H])c([2H])c([2H])c([2H])c4[2H])cc4c2B3c2ccc(-n3c5c([2H])c([2H])c([2H])c([2H])c5c5c([2H])c([2H])c([2H])c([2H])c53)cc2N4c2cc(-c3ccccc3)cc(-c3ccccc3)c2)c([2H])c1[2H]. The number of nitrogens with zero attached hydrogens (tertiary/aromatic N) is 5. The molecule has 0 radical (unpaired) electrons. The monoisotopic (exact) mass is 1350 g/mol. The molecule has 0 aliphatic carbocycles. The number of hydrogen-bond acceptors (Lipinski definition) is 2. The van der Waals surface area contributed by atoms with Crippen LogP contribution in [0.4, 0.5) is 34.1 Å². The molecule has 0 N–H and O–H groups in total. The minimum Gasteiger partial charge on any atom is -0.311 e. The van der Waals surface area contributed by atoms with Crippen molar-refractivity contribution < 1.29 is 24.7 Å². The molecule has 6 heteroatoms. The maximum absolute atomic E-state index is 10.0. The zero-order chi connectivity index (χ0) is 85.4. The lowest BCUT2D eigenvalue weighted by Crippen LogP contribution is -2.61. The summed E-state index contributed by atoms with van der Waals surface area (Å²) in [6, 6.07) is 67.0. The van der Waals surface area contributed by atoms with Crippen LogP contribution in [0.1, 0.15) is 77.3 Å². The van der Waals surface area contributed by atoms with E-state index >= 15 is 0 Å². The van der Waals surface area contributed by atoms with Crippen molar-refractivity contribution in [2.75, 3.05) is 9.80 Å². The predicted molar refractivity (Wildman–Crippen MR) is 443 cm³/mol. The Morgan fingerprint density at radius 2 is 0.731 bits per heavy atom. The van der Waals surface area contributed by atoms with Gasteiger partial charge in [-0.25, -0.2) is 0 Å². The zero-order valence-corrected chi connectivity index (χ0v) is 57.8. The number of anilines is 6. The van der Waals surface area contributed by atoms with E-state index in [0.717, 1.165) is 71.7 Å². The summed E-state index contributed by atoms with van der Waals surface area (Å²) in [6.07, 6.45) is 0. The Labute approximate surface area is 632 Å². The minimum absolute atomic E-state index is 0.0794. The summed E-state index contributed by atoms with van der Waals surface area (Å²) in [5.74, 6) is 0. The molecule has 0 spiro atoms. The molecular weight excluding hydrogens is 1260 g/mol. The zero-order valence-electron chi connectivity index (χ0n) is 75.8. The van der Waals surface area contributed by atoms with Crippen LogP contribution in [0.25, 0.3) is 127 Å². The van der Waals surface area contributed by atoms with Crippen molar-refractivity contribution in [3.8, 4) is 61.6 Å². The summed E-state index contributed by atoms with van der Waals surface area (Å²) in [5.41, 5.74) is 15.4. The molecule has 494 valence electrons. The second kappa shape index (κ2) is 23.5. The second-order valence-corrected chi connectivity index (χ2v) is 29.1. The van der Waals surface area contributed by atoms with E-state index in [1.807, 2.05) is 127 Å². The first-order valence-electron chi connectivity index (χ1n) is 44.0. The van der Waals surface area contributed by atoms with E-state index in [4.69, 9.17) is 5.48 Å². The molecule has 0 atom stereocenters. The van der Waals surface area contributed by atoms with E-state index in [1.54, 1.807) is 12.1 Å². The van der Waals surface area contributed by atoms with Crippen LogP contribution in [0.2, 0.25) is 0 Å². The first kappa shape index (κ1) is 45.3. The lowest BCUT2D eigenvalue weighted by molar-refractivity contribution is 0.590. The largest absolute Gasteiger partial charge is 0.311 e. The summed E-state index contributed by atoms with van der Waals surface area (Å²) in [7, 11) is 0. The fourth-order valence-corrected chi connectivity index (χ4v) is 16.2. The molecule has 0 bridgehead atoms. The first-order chi connectivity index (χ1) is 58.3. The molecule has 0 saturated heterocycles. The highest BCUT2D eigenvalue weighted by Crippen LogP contribution is 2.52. The Bertz CT molecular complexity index is 7390. The number of hydrogen-bond donors (Lipinski definition) is 0. The molecule has 0 unspecified atom stereocenters. The van der Waals surface area contributed by atoms with E-state index in [9.17, 15) is 19.2 Å². The number of rotatable bonds is 9. The fraction of sp³-hybridized carbons (Fsp3) is 0.0816. The van der Waals surface area contributed by atoms with Crippen LogP contribution in [0.5, 0.6) is 0 Å². The highest BCUT2D eigenvalue weighted by Gasteiger charge is 2.45. The third-order valence-corrected chi connectivity index (χ3v) is 21.1. The molecule has 3 aromatic heterocycles. The van der Waals surface area contributed by atoms with Crippen LogP contribution in [-0.2, 0) is 10.8 Å². The van der Waals surface area contributed by atoms with Gasteiger partial charge in [0.2, 0.25) is 0 Å². The molecule has 0 amide bonds. The van der Waals surface area contributed by atoms with Gasteiger partial charge in [-0.3, -0.25) is 0 Å². The lowest BCUT2D eigenvalue weighted by atomic mass is 9.33. The van der Waals surface area contributed by atoms with Crippen molar-refractivity contribution in [2.45, 2.75) is 52.4 Å². The van der Waals surface area contributed by atoms with E-state index in [-0.39, 0.29) is 60.6 Å². The molecule has 0 fully saturated rings. The number of aromatic nitrogens is 3. The van der Waals surface area contributed by atoms with E-state index in [2.05, 4.69) is 151 Å². The quantitative estimate of drug-likeness (QED) is 0.134. The molecule has 20 rings (SSSR count). The summed E-state index contributed by atoms with van der Waals surface area (Å²) in [4.78, 5) is 4.17. The van der Waals surface area contributed by atoms with Gasteiger partial charge in [-0.2, -0.15) is 0 Å². The highest BCUT2D eigenvalue weighted by molar-refractivity contribution is 7.00. The van der Waals surface area contributed by atoms with Gasteiger partial charge < -0.3 is 23.5 Å². The van der Waals surface area contributed by atoms with E-state index in [0.29, 0.717) is 56.0 Å². The van der Waals surface area contributed by atoms with Crippen molar-refractivity contribution >= 4 is 123 Å². The molecule has 2 aliphatic rings. The summed E-state index contributed by atoms with van der Waals surface area (Å²) >= 11 is 0. The van der Waals surface area contributed by atoms with Crippen LogP contribution in [-0.4, -0.2) is 20.4 Å². The van der Waals surface area contributed by atoms with Crippen molar-refractivity contribution in [3.05, 3.63) is 350 Å². The Morgan fingerprint density at radius 1 is 0.260 bits per heavy atom. The third kappa shape index (κ3) is 9.62. The molecule has 0 saturated carbocycles. The Morgan fingerprint density at radius 3 is 1.30 bits per heavy atom. The summed E-state index contributed by atoms with van der Waals surface area (Å²) in [6.45, 7) is 12.5. The van der Waals surface area contributed by atoms with Gasteiger partial charge in [-0.05, 0) is 192 Å². The maximum Gasteiger partial charge on any atom is 0.252 e. The molecule has 18 aromatic rings. The summed E-state index contributed by atoms with van der Waals surface area (Å²) in [5, 5.41) is 3.62. The first-order valence-corrected chi connectivity index (χ1v) is 35.0. The van der Waals surface area contributed by atoms with Crippen LogP contribution < -0.4 is 26.2 Å². The second-order valence-electron chi connectivity index (χ2n) is 29.1. The Balaban J connectivity index is 0.973. The minimum atomic E-state index is -0.896. The van der Waals surface area contributed by atoms with Crippen molar-refractivity contribution in [1.82, 2.24) is 13.7 Å². The molecule has 2 aliphatic heterocycles. The maximum atomic E-state index is 10.0. The van der Waals surface area contributed by atoms with Crippen LogP contribution in [0.3, 0.4) is 0 Å². The third-order valence-electron chi connectivity index (χ3n) is 21.1. The normalized spacial score (nSPS) is 15.3. The molecular formula is C98H74BN5. The predicted octanol–water partition coefficient (Wildman–Crippen LogP) is 24.3. The Hall–Kier alpha value is -12.6. The van der Waals surface area contributed by atoms with Gasteiger partial charge in [-0.15, -0.1) is 0 Å². The van der Waals surface area contributed by atoms with Crippen LogP contribution >= 0.6 is 0 Å². The molecule has 5 nitrogen and oxygen atoms in total. The number of benzene rings is 15. The van der Waals surface area contributed by atoms with Gasteiger partial charge in [0.1, 0.15) is 0 Å². The molecule has 5 heterocycles. The van der Waals surface area contributed by atoms with Crippen molar-refractivity contribution in [2.24, 2.45) is 0 Å². The van der Waals surface area contributed by atoms with Crippen molar-refractivity contribution in [3.63, 3.8) is 0 Å². The number of para-hydroxylation sites is 5. The van der Waals surface area contributed by atoms with Gasteiger partial charge in [0.15, 0.2) is 0 Å². The average molecular weight is 1350 g/mol. The van der Waals surface area contributed by atoms with Crippen LogP contribution in [0, 0.1) is 0 Å². The van der Waals surface area contributed by atoms with Gasteiger partial charge in [0, 0.05) is 72.1 Å². The summed E-state index contributed by atoms with van der Waals surface area (Å²) < 4.78 is 176. The topological polar surface area (TPSA) is 21.3 Å².